The van der Waals surface area contributed by atoms with E-state index in [2.05, 4.69) is 15.9 Å². The van der Waals surface area contributed by atoms with E-state index in [9.17, 15) is 42.9 Å². The summed E-state index contributed by atoms with van der Waals surface area (Å²) in [4.78, 5) is 34.0. The zero-order valence-corrected chi connectivity index (χ0v) is 28.0. The second kappa shape index (κ2) is 19.2. The summed E-state index contributed by atoms with van der Waals surface area (Å²) in [5.41, 5.74) is -1.26. The highest BCUT2D eigenvalue weighted by molar-refractivity contribution is 9.11. The molecule has 48 heavy (non-hydrogen) atoms. The molecule has 0 aliphatic carbocycles. The van der Waals surface area contributed by atoms with Gasteiger partial charge in [-0.1, -0.05) is 49.4 Å². The molecule has 248 valence electrons. The predicted molar refractivity (Wildman–Crippen MR) is 177 cm³/mol. The Balaban J connectivity index is 0.000000363. The van der Waals surface area contributed by atoms with Gasteiger partial charge < -0.3 is 15.3 Å². The number of rotatable bonds is 8. The molecule has 0 amide bonds. The van der Waals surface area contributed by atoms with Gasteiger partial charge in [-0.25, -0.2) is 0 Å². The van der Waals surface area contributed by atoms with Crippen LogP contribution in [0.3, 0.4) is 0 Å². The lowest BCUT2D eigenvalue weighted by molar-refractivity contribution is -0.137. The largest absolute Gasteiger partial charge is 0.506 e. The van der Waals surface area contributed by atoms with E-state index in [4.69, 9.17) is 15.8 Å². The molecule has 3 aromatic rings. The average Bonchev–Trinajstić information content (AvgIpc) is 3.48. The minimum absolute atomic E-state index is 0.0188. The zero-order chi connectivity index (χ0) is 36.6. The Bertz CT molecular complexity index is 1860. The van der Waals surface area contributed by atoms with Gasteiger partial charge in [-0.15, -0.1) is 11.3 Å². The van der Waals surface area contributed by atoms with E-state index < -0.39 is 34.6 Å². The van der Waals surface area contributed by atoms with Crippen molar-refractivity contribution in [3.8, 4) is 18.2 Å². The number of nitriles is 3. The molecule has 0 atom stereocenters. The normalized spacial score (nSPS) is 12.0. The van der Waals surface area contributed by atoms with Gasteiger partial charge in [0.25, 0.3) is 0 Å². The molecule has 0 spiro atoms. The SMILES string of the molecule is CC(=O)C(C#N)=C(O)c1ccc(Br)s1.CC(=O)C(C#N)=C(O)c1ccc(C(F)(F)F)cc1.CCCC(=O)C(C#N)=C(O)c1ccccc1. The second-order valence-corrected chi connectivity index (χ2v) is 11.8. The van der Waals surface area contributed by atoms with Crippen molar-refractivity contribution in [1.29, 1.82) is 15.8 Å². The van der Waals surface area contributed by atoms with Crippen LogP contribution in [-0.4, -0.2) is 32.7 Å². The molecule has 0 aliphatic heterocycles. The van der Waals surface area contributed by atoms with Gasteiger partial charge in [0.15, 0.2) is 23.1 Å². The maximum Gasteiger partial charge on any atom is 0.416 e. The van der Waals surface area contributed by atoms with Crippen molar-refractivity contribution in [2.45, 2.75) is 39.8 Å². The van der Waals surface area contributed by atoms with Crippen LogP contribution < -0.4 is 0 Å². The number of allylic oxidation sites excluding steroid dienone is 3. The van der Waals surface area contributed by atoms with Crippen LogP contribution in [0.2, 0.25) is 0 Å². The Morgan fingerprint density at radius 2 is 1.19 bits per heavy atom. The Kier molecular flexibility index (Phi) is 16.2. The highest BCUT2D eigenvalue weighted by Gasteiger charge is 2.30. The lowest BCUT2D eigenvalue weighted by Crippen LogP contribution is -2.05. The fraction of sp³-hybridized carbons (Fsp3) is 0.176. The van der Waals surface area contributed by atoms with Crippen LogP contribution in [-0.2, 0) is 20.6 Å². The first-order valence-electron chi connectivity index (χ1n) is 13.6. The maximum absolute atomic E-state index is 12.3. The molecule has 3 N–H and O–H groups in total. The number of thiophene rings is 1. The first-order chi connectivity index (χ1) is 22.5. The van der Waals surface area contributed by atoms with E-state index >= 15 is 0 Å². The zero-order valence-electron chi connectivity index (χ0n) is 25.6. The van der Waals surface area contributed by atoms with Crippen LogP contribution in [0.5, 0.6) is 0 Å². The standard InChI is InChI=1S/C13H13NO2.C12H8F3NO2.C9H6BrNO2S/c1-2-6-12(15)11(9-14)13(16)10-7-4-3-5-8-10;1-7(17)10(6-16)11(18)8-2-4-9(5-3-8)12(13,14)15;1-5(12)6(4-11)9(13)7-2-3-8(10)14-7/h3-5,7-8,16H,2,6H2,1H3;2-5,18H,1H3;2-3,13H,1H3. The number of Topliss-reactive ketones (excluding diaryl/α,β-unsaturated/α-hetero) is 3. The Morgan fingerprint density at radius 3 is 1.58 bits per heavy atom. The van der Waals surface area contributed by atoms with Crippen molar-refractivity contribution in [2.75, 3.05) is 0 Å². The van der Waals surface area contributed by atoms with Crippen molar-refractivity contribution in [1.82, 2.24) is 0 Å². The lowest BCUT2D eigenvalue weighted by atomic mass is 10.0. The monoisotopic (exact) mass is 741 g/mol. The minimum Gasteiger partial charge on any atom is -0.506 e. The number of carbonyl (C=O) groups is 3. The third kappa shape index (κ3) is 12.0. The fourth-order valence-electron chi connectivity index (χ4n) is 3.46. The highest BCUT2D eigenvalue weighted by Crippen LogP contribution is 2.30. The summed E-state index contributed by atoms with van der Waals surface area (Å²) in [6.45, 7) is 4.18. The molecule has 0 aliphatic rings. The van der Waals surface area contributed by atoms with Gasteiger partial charge in [0.1, 0.15) is 46.4 Å². The van der Waals surface area contributed by atoms with Gasteiger partial charge in [-0.3, -0.25) is 14.4 Å². The molecular weight excluding hydrogens is 715 g/mol. The van der Waals surface area contributed by atoms with Crippen LogP contribution in [0.1, 0.15) is 55.2 Å². The minimum atomic E-state index is -4.48. The van der Waals surface area contributed by atoms with Crippen molar-refractivity contribution in [3.05, 3.63) is 109 Å². The summed E-state index contributed by atoms with van der Waals surface area (Å²) < 4.78 is 37.7. The predicted octanol–water partition coefficient (Wildman–Crippen LogP) is 8.83. The van der Waals surface area contributed by atoms with Gasteiger partial charge in [0, 0.05) is 31.4 Å². The molecular formula is C34H27BrF3N3O6S. The first-order valence-corrected chi connectivity index (χ1v) is 15.2. The van der Waals surface area contributed by atoms with Crippen LogP contribution in [0.15, 0.2) is 87.2 Å². The molecule has 0 radical (unpaired) electrons. The Morgan fingerprint density at radius 1 is 0.729 bits per heavy atom. The average molecular weight is 743 g/mol. The van der Waals surface area contributed by atoms with Crippen LogP contribution >= 0.6 is 27.3 Å². The number of aliphatic hydroxyl groups is 3. The number of benzene rings is 2. The van der Waals surface area contributed by atoms with E-state index in [0.717, 1.165) is 35.0 Å². The molecule has 9 nitrogen and oxygen atoms in total. The molecule has 1 aromatic heterocycles. The number of halogens is 4. The molecule has 0 saturated heterocycles. The molecule has 1 heterocycles. The van der Waals surface area contributed by atoms with Crippen LogP contribution in [0.4, 0.5) is 13.2 Å². The second-order valence-electron chi connectivity index (χ2n) is 9.34. The van der Waals surface area contributed by atoms with Gasteiger partial charge in [0.2, 0.25) is 0 Å². The molecule has 0 fully saturated rings. The third-order valence-electron chi connectivity index (χ3n) is 5.85. The van der Waals surface area contributed by atoms with E-state index in [1.165, 1.54) is 24.3 Å². The number of hydrogen-bond donors (Lipinski definition) is 3. The molecule has 2 aromatic carbocycles. The summed E-state index contributed by atoms with van der Waals surface area (Å²) in [5, 5.41) is 55.2. The van der Waals surface area contributed by atoms with Crippen LogP contribution in [0.25, 0.3) is 17.3 Å². The highest BCUT2D eigenvalue weighted by atomic mass is 79.9. The molecule has 3 rings (SSSR count). The van der Waals surface area contributed by atoms with Gasteiger partial charge in [-0.2, -0.15) is 29.0 Å². The number of ketones is 3. The van der Waals surface area contributed by atoms with Gasteiger partial charge in [0.05, 0.1) is 14.2 Å². The van der Waals surface area contributed by atoms with Gasteiger partial charge >= 0.3 is 6.18 Å². The van der Waals surface area contributed by atoms with Gasteiger partial charge in [-0.05, 0) is 46.6 Å². The summed E-state index contributed by atoms with van der Waals surface area (Å²) in [7, 11) is 0. The summed E-state index contributed by atoms with van der Waals surface area (Å²) in [6.07, 6.45) is -3.54. The van der Waals surface area contributed by atoms with E-state index in [-0.39, 0.29) is 40.4 Å². The van der Waals surface area contributed by atoms with E-state index in [1.807, 2.05) is 6.92 Å². The summed E-state index contributed by atoms with van der Waals surface area (Å²) in [6, 6.07) is 20.5. The number of nitrogens with zero attached hydrogens (tertiary/aromatic N) is 3. The van der Waals surface area contributed by atoms with E-state index in [0.29, 0.717) is 16.9 Å². The number of hydrogen-bond acceptors (Lipinski definition) is 10. The Labute approximate surface area is 286 Å². The quantitative estimate of drug-likeness (QED) is 0.115. The van der Waals surface area contributed by atoms with E-state index in [1.54, 1.807) is 54.6 Å². The van der Waals surface area contributed by atoms with Crippen LogP contribution in [0, 0.1) is 34.0 Å². The first kappa shape index (κ1) is 40.5. The Hall–Kier alpha value is -5.49. The summed E-state index contributed by atoms with van der Waals surface area (Å²) in [5.74, 6) is -2.52. The third-order valence-corrected chi connectivity index (χ3v) is 7.48. The van der Waals surface area contributed by atoms with Crippen molar-refractivity contribution in [3.63, 3.8) is 0 Å². The molecule has 0 unspecified atom stereocenters. The number of carbonyl (C=O) groups excluding carboxylic acids is 3. The molecule has 0 bridgehead atoms. The van der Waals surface area contributed by atoms with Crippen molar-refractivity contribution in [2.24, 2.45) is 0 Å². The molecule has 14 heteroatoms. The summed E-state index contributed by atoms with van der Waals surface area (Å²) >= 11 is 4.49. The maximum atomic E-state index is 12.3. The molecule has 0 saturated carbocycles. The number of aliphatic hydroxyl groups excluding tert-OH is 3. The van der Waals surface area contributed by atoms with Crippen molar-refractivity contribution >= 4 is 61.9 Å². The van der Waals surface area contributed by atoms with Crippen molar-refractivity contribution < 1.29 is 42.9 Å². The fourth-order valence-corrected chi connectivity index (χ4v) is 4.80. The topological polar surface area (TPSA) is 183 Å². The smallest absolute Gasteiger partial charge is 0.416 e. The lowest BCUT2D eigenvalue weighted by Gasteiger charge is -2.07. The number of alkyl halides is 3.